The molecule has 8 heteroatoms. The van der Waals surface area contributed by atoms with Crippen molar-refractivity contribution in [1.82, 2.24) is 0 Å². The molecule has 3 aliphatic rings. The number of Topliss-reactive ketones (excluding diaryl/α,β-unsaturated/α-hetero) is 1. The summed E-state index contributed by atoms with van der Waals surface area (Å²) in [6.45, 7) is 1.80. The molecule has 2 aromatic rings. The Labute approximate surface area is 198 Å². The van der Waals surface area contributed by atoms with Crippen molar-refractivity contribution in [3.05, 3.63) is 79.7 Å². The Bertz CT molecular complexity index is 1320. The van der Waals surface area contributed by atoms with Gasteiger partial charge in [-0.25, -0.2) is 0 Å². The highest BCUT2D eigenvalue weighted by Crippen LogP contribution is 2.56. The van der Waals surface area contributed by atoms with Crippen LogP contribution in [0.4, 0.5) is 11.4 Å². The van der Waals surface area contributed by atoms with Crippen LogP contribution in [-0.2, 0) is 15.0 Å². The van der Waals surface area contributed by atoms with Crippen LogP contribution in [0.15, 0.2) is 63.5 Å². The largest absolute Gasteiger partial charge is 0.384 e. The summed E-state index contributed by atoms with van der Waals surface area (Å²) in [4.78, 5) is 28.8. The number of nitrogens with two attached hydrogens (primary N) is 1. The van der Waals surface area contributed by atoms with Gasteiger partial charge in [0.15, 0.2) is 5.78 Å². The van der Waals surface area contributed by atoms with Gasteiger partial charge in [-0.3, -0.25) is 14.5 Å². The lowest BCUT2D eigenvalue weighted by molar-refractivity contribution is -0.122. The highest BCUT2D eigenvalue weighted by molar-refractivity contribution is 9.10. The fourth-order valence-corrected chi connectivity index (χ4v) is 5.48. The zero-order valence-corrected chi connectivity index (χ0v) is 19.5. The topological polar surface area (TPSA) is 99.2 Å². The quantitative estimate of drug-likeness (QED) is 0.574. The number of nitrogens with zero attached hydrogens (tertiary/aromatic N) is 2. The standard InChI is InChI=1S/C24H18BrClN4O2/c1-12-17(26)10-9-15-21(12)29-23(32)24(15)16(11-27)22(28)30(14-7-5-13(25)6-8-14)18-3-2-4-19(31)20(18)24/h5-10H,2-4,28H2,1H3,(H,29,32). The van der Waals surface area contributed by atoms with Gasteiger partial charge < -0.3 is 11.1 Å². The van der Waals surface area contributed by atoms with Crippen LogP contribution in [0.5, 0.6) is 0 Å². The molecule has 5 rings (SSSR count). The Hall–Kier alpha value is -3.08. The first-order valence-corrected chi connectivity index (χ1v) is 11.3. The lowest BCUT2D eigenvalue weighted by Gasteiger charge is -2.43. The lowest BCUT2D eigenvalue weighted by Crippen LogP contribution is -2.50. The lowest BCUT2D eigenvalue weighted by atomic mass is 9.63. The number of anilines is 2. The summed E-state index contributed by atoms with van der Waals surface area (Å²) < 4.78 is 0.892. The first-order chi connectivity index (χ1) is 15.3. The van der Waals surface area contributed by atoms with E-state index in [1.807, 2.05) is 24.3 Å². The van der Waals surface area contributed by atoms with E-state index in [1.54, 1.807) is 24.0 Å². The van der Waals surface area contributed by atoms with Gasteiger partial charge in [0.25, 0.3) is 0 Å². The van der Waals surface area contributed by atoms with Crippen molar-refractivity contribution >= 4 is 50.6 Å². The van der Waals surface area contributed by atoms with Gasteiger partial charge >= 0.3 is 0 Å². The maximum absolute atomic E-state index is 13.7. The molecule has 2 aliphatic heterocycles. The molecule has 32 heavy (non-hydrogen) atoms. The monoisotopic (exact) mass is 508 g/mol. The second-order valence-electron chi connectivity index (χ2n) is 8.08. The van der Waals surface area contributed by atoms with E-state index in [0.29, 0.717) is 52.4 Å². The number of amides is 1. The molecule has 6 nitrogen and oxygen atoms in total. The maximum atomic E-state index is 13.7. The average molecular weight is 510 g/mol. The van der Waals surface area contributed by atoms with E-state index in [4.69, 9.17) is 17.3 Å². The number of nitrogens with one attached hydrogen (secondary N) is 1. The first-order valence-electron chi connectivity index (χ1n) is 10.2. The Kier molecular flexibility index (Phi) is 4.70. The molecule has 1 aliphatic carbocycles. The van der Waals surface area contributed by atoms with Gasteiger partial charge in [0.2, 0.25) is 5.91 Å². The number of carbonyl (C=O) groups excluding carboxylic acids is 2. The van der Waals surface area contributed by atoms with Crippen molar-refractivity contribution in [2.45, 2.75) is 31.6 Å². The third kappa shape index (κ3) is 2.57. The predicted molar refractivity (Wildman–Crippen MR) is 126 cm³/mol. The molecule has 1 amide bonds. The number of hydrogen-bond donors (Lipinski definition) is 2. The number of halogens is 2. The number of allylic oxidation sites excluding steroid dienone is 1. The molecule has 0 aromatic heterocycles. The van der Waals surface area contributed by atoms with Crippen LogP contribution in [0.2, 0.25) is 5.02 Å². The Balaban J connectivity index is 1.89. The minimum Gasteiger partial charge on any atom is -0.384 e. The van der Waals surface area contributed by atoms with Crippen molar-refractivity contribution < 1.29 is 9.59 Å². The van der Waals surface area contributed by atoms with E-state index in [2.05, 4.69) is 27.3 Å². The van der Waals surface area contributed by atoms with Crippen LogP contribution in [0.25, 0.3) is 0 Å². The van der Waals surface area contributed by atoms with Gasteiger partial charge in [0.05, 0.1) is 11.3 Å². The van der Waals surface area contributed by atoms with Crippen molar-refractivity contribution in [2.24, 2.45) is 5.73 Å². The third-order valence-electron chi connectivity index (χ3n) is 6.48. The van der Waals surface area contributed by atoms with Gasteiger partial charge in [0, 0.05) is 38.4 Å². The number of fused-ring (bicyclic) bond motifs is 3. The summed E-state index contributed by atoms with van der Waals surface area (Å²) >= 11 is 9.74. The van der Waals surface area contributed by atoms with Crippen molar-refractivity contribution in [1.29, 1.82) is 5.26 Å². The molecule has 1 unspecified atom stereocenters. The Morgan fingerprint density at radius 3 is 2.59 bits per heavy atom. The maximum Gasteiger partial charge on any atom is 0.245 e. The molecule has 3 N–H and O–H groups in total. The van der Waals surface area contributed by atoms with Crippen LogP contribution in [0.1, 0.15) is 30.4 Å². The van der Waals surface area contributed by atoms with Gasteiger partial charge in [-0.15, -0.1) is 0 Å². The fourth-order valence-electron chi connectivity index (χ4n) is 5.06. The summed E-state index contributed by atoms with van der Waals surface area (Å²) in [6.07, 6.45) is 1.51. The first kappa shape index (κ1) is 20.8. The van der Waals surface area contributed by atoms with Crippen molar-refractivity contribution in [3.63, 3.8) is 0 Å². The minimum atomic E-state index is -1.58. The van der Waals surface area contributed by atoms with E-state index >= 15 is 0 Å². The molecule has 0 saturated heterocycles. The molecular weight excluding hydrogens is 492 g/mol. The number of benzene rings is 2. The minimum absolute atomic E-state index is 0.0485. The SMILES string of the molecule is Cc1c(Cl)ccc2c1NC(=O)C21C(C#N)=C(N)N(c2ccc(Br)cc2)C2=C1C(=O)CCC2. The van der Waals surface area contributed by atoms with Crippen LogP contribution >= 0.6 is 27.5 Å². The zero-order chi connectivity index (χ0) is 22.8. The molecule has 0 saturated carbocycles. The second-order valence-corrected chi connectivity index (χ2v) is 9.40. The normalized spacial score (nSPS) is 22.1. The smallest absolute Gasteiger partial charge is 0.245 e. The van der Waals surface area contributed by atoms with Gasteiger partial charge in [0.1, 0.15) is 17.3 Å². The highest BCUT2D eigenvalue weighted by atomic mass is 79.9. The number of ketones is 1. The number of rotatable bonds is 1. The van der Waals surface area contributed by atoms with Crippen LogP contribution in [0, 0.1) is 18.3 Å². The van der Waals surface area contributed by atoms with Gasteiger partial charge in [-0.1, -0.05) is 33.6 Å². The van der Waals surface area contributed by atoms with Gasteiger partial charge in [-0.05, 0) is 55.7 Å². The van der Waals surface area contributed by atoms with E-state index in [-0.39, 0.29) is 17.2 Å². The molecule has 0 fully saturated rings. The Morgan fingerprint density at radius 1 is 1.19 bits per heavy atom. The zero-order valence-electron chi connectivity index (χ0n) is 17.1. The third-order valence-corrected chi connectivity index (χ3v) is 7.42. The summed E-state index contributed by atoms with van der Waals surface area (Å²) in [5, 5.41) is 13.7. The van der Waals surface area contributed by atoms with Crippen LogP contribution in [0.3, 0.4) is 0 Å². The van der Waals surface area contributed by atoms with E-state index < -0.39 is 11.3 Å². The molecule has 160 valence electrons. The van der Waals surface area contributed by atoms with E-state index in [1.165, 1.54) is 0 Å². The Morgan fingerprint density at radius 2 is 1.91 bits per heavy atom. The number of nitriles is 1. The number of hydrogen-bond acceptors (Lipinski definition) is 5. The summed E-state index contributed by atoms with van der Waals surface area (Å²) in [5.41, 5.74) is 8.56. The second kappa shape index (κ2) is 7.22. The summed E-state index contributed by atoms with van der Waals surface area (Å²) in [6, 6.07) is 13.0. The number of carbonyl (C=O) groups is 2. The van der Waals surface area contributed by atoms with Crippen molar-refractivity contribution in [2.75, 3.05) is 10.2 Å². The highest BCUT2D eigenvalue weighted by Gasteiger charge is 2.60. The predicted octanol–water partition coefficient (Wildman–Crippen LogP) is 4.82. The van der Waals surface area contributed by atoms with E-state index in [9.17, 15) is 14.9 Å². The summed E-state index contributed by atoms with van der Waals surface area (Å²) in [7, 11) is 0. The molecule has 1 spiro atoms. The van der Waals surface area contributed by atoms with E-state index in [0.717, 1.165) is 10.2 Å². The molecular formula is C24H18BrClN4O2. The molecule has 0 radical (unpaired) electrons. The average Bonchev–Trinajstić information content (AvgIpc) is 3.05. The molecule has 1 atom stereocenters. The van der Waals surface area contributed by atoms with Crippen molar-refractivity contribution in [3.8, 4) is 6.07 Å². The van der Waals surface area contributed by atoms with Crippen LogP contribution in [-0.4, -0.2) is 11.7 Å². The molecule has 0 bridgehead atoms. The molecule has 2 heterocycles. The van der Waals surface area contributed by atoms with Gasteiger partial charge in [-0.2, -0.15) is 5.26 Å². The summed E-state index contributed by atoms with van der Waals surface area (Å²) in [5.74, 6) is -0.446. The molecule has 2 aromatic carbocycles. The fraction of sp³-hybridized carbons (Fsp3) is 0.208. The van der Waals surface area contributed by atoms with Crippen LogP contribution < -0.4 is 16.0 Å².